The number of nitrogens with one attached hydrogen (secondary N) is 1. The summed E-state index contributed by atoms with van der Waals surface area (Å²) in [6, 6.07) is 4.56. The molecule has 2 N–H and O–H groups in total. The zero-order valence-corrected chi connectivity index (χ0v) is 14.9. The standard InChI is InChI=1S/C13H12Br2F3NO4/c1-2-23-11(21)12(22,13(16,17)18)6-10(20)19-9-4-3-7(14)5-8(9)15/h3-5,22H,2,6H2,1H3,(H,19,20)/t12-/m0/s1. The molecule has 1 atom stereocenters. The van der Waals surface area contributed by atoms with Gasteiger partial charge in [-0.05, 0) is 41.1 Å². The molecule has 0 spiro atoms. The number of amides is 1. The third-order valence-corrected chi connectivity index (χ3v) is 3.85. The van der Waals surface area contributed by atoms with Gasteiger partial charge in [0.15, 0.2) is 0 Å². The normalized spacial score (nSPS) is 14.0. The molecular formula is C13H12Br2F3NO4. The Morgan fingerprint density at radius 3 is 2.39 bits per heavy atom. The Hall–Kier alpha value is -1.13. The van der Waals surface area contributed by atoms with E-state index in [1.165, 1.54) is 13.0 Å². The van der Waals surface area contributed by atoms with E-state index in [1.807, 2.05) is 0 Å². The highest BCUT2D eigenvalue weighted by Crippen LogP contribution is 2.35. The summed E-state index contributed by atoms with van der Waals surface area (Å²) in [4.78, 5) is 23.2. The van der Waals surface area contributed by atoms with Crippen LogP contribution < -0.4 is 5.32 Å². The van der Waals surface area contributed by atoms with E-state index in [0.29, 0.717) is 8.95 Å². The highest BCUT2D eigenvalue weighted by atomic mass is 79.9. The number of anilines is 1. The summed E-state index contributed by atoms with van der Waals surface area (Å²) in [7, 11) is 0. The van der Waals surface area contributed by atoms with E-state index in [2.05, 4.69) is 41.9 Å². The lowest BCUT2D eigenvalue weighted by Gasteiger charge is -2.27. The van der Waals surface area contributed by atoms with Gasteiger partial charge in [0.1, 0.15) is 0 Å². The van der Waals surface area contributed by atoms with Crippen LogP contribution in [-0.2, 0) is 14.3 Å². The summed E-state index contributed by atoms with van der Waals surface area (Å²) in [5.74, 6) is -3.11. The molecule has 0 aliphatic carbocycles. The van der Waals surface area contributed by atoms with Crippen molar-refractivity contribution < 1.29 is 32.6 Å². The molecule has 0 aliphatic heterocycles. The van der Waals surface area contributed by atoms with Gasteiger partial charge in [0.05, 0.1) is 18.7 Å². The minimum atomic E-state index is -5.35. The fourth-order valence-corrected chi connectivity index (χ4v) is 2.70. The molecule has 0 aliphatic rings. The Kier molecular flexibility index (Phi) is 6.60. The van der Waals surface area contributed by atoms with Gasteiger partial charge in [-0.3, -0.25) is 4.79 Å². The Bertz CT molecular complexity index is 609. The van der Waals surface area contributed by atoms with Gasteiger partial charge in [-0.15, -0.1) is 0 Å². The van der Waals surface area contributed by atoms with Crippen LogP contribution >= 0.6 is 31.9 Å². The van der Waals surface area contributed by atoms with Gasteiger partial charge in [0.2, 0.25) is 5.91 Å². The molecule has 0 aromatic heterocycles. The lowest BCUT2D eigenvalue weighted by atomic mass is 9.98. The Morgan fingerprint density at radius 1 is 1.30 bits per heavy atom. The number of halogens is 5. The van der Waals surface area contributed by atoms with Gasteiger partial charge < -0.3 is 15.2 Å². The summed E-state index contributed by atoms with van der Waals surface area (Å²) in [5, 5.41) is 11.8. The molecule has 1 aromatic carbocycles. The van der Waals surface area contributed by atoms with E-state index in [4.69, 9.17) is 0 Å². The lowest BCUT2D eigenvalue weighted by molar-refractivity contribution is -0.262. The SMILES string of the molecule is CCOC(=O)[C@@](O)(CC(=O)Nc1ccc(Br)cc1Br)C(F)(F)F. The molecule has 1 amide bonds. The number of aliphatic hydroxyl groups is 1. The molecule has 0 fully saturated rings. The molecule has 0 unspecified atom stereocenters. The zero-order chi connectivity index (χ0) is 17.8. The van der Waals surface area contributed by atoms with E-state index in [0.717, 1.165) is 0 Å². The van der Waals surface area contributed by atoms with Crippen molar-refractivity contribution in [3.05, 3.63) is 27.1 Å². The van der Waals surface area contributed by atoms with Gasteiger partial charge >= 0.3 is 12.1 Å². The van der Waals surface area contributed by atoms with E-state index in [-0.39, 0.29) is 12.3 Å². The third-order valence-electron chi connectivity index (χ3n) is 2.70. The van der Waals surface area contributed by atoms with Crippen molar-refractivity contribution in [2.24, 2.45) is 0 Å². The molecule has 10 heteroatoms. The highest BCUT2D eigenvalue weighted by Gasteiger charge is 2.61. The van der Waals surface area contributed by atoms with Gasteiger partial charge in [-0.25, -0.2) is 4.79 Å². The summed E-state index contributed by atoms with van der Waals surface area (Å²) >= 11 is 6.31. The molecule has 5 nitrogen and oxygen atoms in total. The number of carbonyl (C=O) groups excluding carboxylic acids is 2. The third kappa shape index (κ3) is 4.92. The number of hydrogen-bond donors (Lipinski definition) is 2. The first-order valence-corrected chi connectivity index (χ1v) is 7.81. The van der Waals surface area contributed by atoms with Crippen LogP contribution in [0.4, 0.5) is 18.9 Å². The molecule has 23 heavy (non-hydrogen) atoms. The molecule has 0 saturated carbocycles. The summed E-state index contributed by atoms with van der Waals surface area (Å²) in [5.41, 5.74) is -3.72. The number of carbonyl (C=O) groups is 2. The number of alkyl halides is 3. The highest BCUT2D eigenvalue weighted by molar-refractivity contribution is 9.11. The van der Waals surface area contributed by atoms with Crippen LogP contribution in [0.1, 0.15) is 13.3 Å². The predicted molar refractivity (Wildman–Crippen MR) is 82.7 cm³/mol. The first-order chi connectivity index (χ1) is 10.5. The minimum Gasteiger partial charge on any atom is -0.464 e. The molecule has 0 bridgehead atoms. The van der Waals surface area contributed by atoms with Crippen LogP contribution in [-0.4, -0.2) is 35.4 Å². The van der Waals surface area contributed by atoms with Crippen molar-refractivity contribution in [1.82, 2.24) is 0 Å². The second kappa shape index (κ2) is 7.63. The van der Waals surface area contributed by atoms with Gasteiger partial charge in [-0.2, -0.15) is 13.2 Å². The summed E-state index contributed by atoms with van der Waals surface area (Å²) < 4.78 is 44.2. The topological polar surface area (TPSA) is 75.6 Å². The van der Waals surface area contributed by atoms with Gasteiger partial charge in [0, 0.05) is 8.95 Å². The maximum Gasteiger partial charge on any atom is 0.428 e. The first kappa shape index (κ1) is 19.9. The fourth-order valence-electron chi connectivity index (χ4n) is 1.56. The molecule has 1 rings (SSSR count). The van der Waals surface area contributed by atoms with Crippen molar-refractivity contribution in [2.45, 2.75) is 25.1 Å². The minimum absolute atomic E-state index is 0.187. The molecule has 0 saturated heterocycles. The molecular weight excluding hydrogens is 451 g/mol. The van der Waals surface area contributed by atoms with Gasteiger partial charge in [0.25, 0.3) is 5.60 Å². The zero-order valence-electron chi connectivity index (χ0n) is 11.7. The monoisotopic (exact) mass is 461 g/mol. The Labute approximate surface area is 146 Å². The number of rotatable bonds is 5. The van der Waals surface area contributed by atoms with E-state index >= 15 is 0 Å². The molecule has 1 aromatic rings. The number of esters is 1. The smallest absolute Gasteiger partial charge is 0.428 e. The maximum absolute atomic E-state index is 13.0. The average molecular weight is 463 g/mol. The van der Waals surface area contributed by atoms with Crippen LogP contribution in [0.2, 0.25) is 0 Å². The van der Waals surface area contributed by atoms with Crippen LogP contribution in [0.15, 0.2) is 27.1 Å². The predicted octanol–water partition coefficient (Wildman–Crippen LogP) is 3.40. The molecule has 0 heterocycles. The number of hydrogen-bond acceptors (Lipinski definition) is 4. The fraction of sp³-hybridized carbons (Fsp3) is 0.385. The molecule has 128 valence electrons. The van der Waals surface area contributed by atoms with E-state index in [1.54, 1.807) is 12.1 Å². The Morgan fingerprint density at radius 2 is 1.91 bits per heavy atom. The van der Waals surface area contributed by atoms with Crippen molar-refractivity contribution >= 4 is 49.4 Å². The number of ether oxygens (including phenoxy) is 1. The van der Waals surface area contributed by atoms with Crippen molar-refractivity contribution in [2.75, 3.05) is 11.9 Å². The van der Waals surface area contributed by atoms with Crippen LogP contribution in [0.25, 0.3) is 0 Å². The quantitative estimate of drug-likeness (QED) is 0.657. The summed E-state index contributed by atoms with van der Waals surface area (Å²) in [6.45, 7) is 0.921. The summed E-state index contributed by atoms with van der Waals surface area (Å²) in [6.07, 6.45) is -6.87. The lowest BCUT2D eigenvalue weighted by Crippen LogP contribution is -2.54. The average Bonchev–Trinajstić information content (AvgIpc) is 2.40. The van der Waals surface area contributed by atoms with E-state index < -0.39 is 30.1 Å². The van der Waals surface area contributed by atoms with Crippen molar-refractivity contribution in [3.8, 4) is 0 Å². The van der Waals surface area contributed by atoms with Crippen molar-refractivity contribution in [3.63, 3.8) is 0 Å². The van der Waals surface area contributed by atoms with Gasteiger partial charge in [-0.1, -0.05) is 15.9 Å². The first-order valence-electron chi connectivity index (χ1n) is 6.22. The van der Waals surface area contributed by atoms with Crippen molar-refractivity contribution in [1.29, 1.82) is 0 Å². The van der Waals surface area contributed by atoms with Crippen LogP contribution in [0, 0.1) is 0 Å². The van der Waals surface area contributed by atoms with E-state index in [9.17, 15) is 27.9 Å². The second-order valence-corrected chi connectivity index (χ2v) is 6.20. The van der Waals surface area contributed by atoms with Crippen LogP contribution in [0.5, 0.6) is 0 Å². The molecule has 0 radical (unpaired) electrons. The second-order valence-electron chi connectivity index (χ2n) is 4.43. The Balaban J connectivity index is 2.96. The maximum atomic E-state index is 13.0. The van der Waals surface area contributed by atoms with Crippen LogP contribution in [0.3, 0.4) is 0 Å². The number of benzene rings is 1. The largest absolute Gasteiger partial charge is 0.464 e.